The fourth-order valence-electron chi connectivity index (χ4n) is 1.26. The molecule has 5 heteroatoms. The Kier molecular flexibility index (Phi) is 4.88. The largest absolute Gasteiger partial charge is 0.461 e. The van der Waals surface area contributed by atoms with E-state index in [0.29, 0.717) is 18.7 Å². The van der Waals surface area contributed by atoms with Crippen molar-refractivity contribution in [3.63, 3.8) is 0 Å². The van der Waals surface area contributed by atoms with Crippen molar-refractivity contribution in [3.8, 4) is 0 Å². The quantitative estimate of drug-likeness (QED) is 0.717. The van der Waals surface area contributed by atoms with Crippen LogP contribution in [0.2, 0.25) is 0 Å². The van der Waals surface area contributed by atoms with Crippen LogP contribution in [0.25, 0.3) is 0 Å². The van der Waals surface area contributed by atoms with Gasteiger partial charge in [-0.2, -0.15) is 0 Å². The minimum atomic E-state index is -0.458. The van der Waals surface area contributed by atoms with Crippen molar-refractivity contribution in [2.75, 3.05) is 13.2 Å². The van der Waals surface area contributed by atoms with E-state index in [4.69, 9.17) is 15.6 Å². The van der Waals surface area contributed by atoms with Crippen LogP contribution >= 0.6 is 0 Å². The fourth-order valence-corrected chi connectivity index (χ4v) is 1.26. The second-order valence-electron chi connectivity index (χ2n) is 3.29. The summed E-state index contributed by atoms with van der Waals surface area (Å²) in [6.45, 7) is 2.04. The predicted octanol–water partition coefficient (Wildman–Crippen LogP) is 0.641. The van der Waals surface area contributed by atoms with Crippen molar-refractivity contribution in [2.45, 2.75) is 19.4 Å². The molecule has 0 saturated heterocycles. The van der Waals surface area contributed by atoms with Gasteiger partial charge in [-0.3, -0.25) is 0 Å². The van der Waals surface area contributed by atoms with Gasteiger partial charge in [-0.05, 0) is 25.5 Å². The molecule has 0 spiro atoms. The van der Waals surface area contributed by atoms with Crippen LogP contribution in [0.3, 0.4) is 0 Å². The topological polar surface area (TPSA) is 85.4 Å². The number of carbonyl (C=O) groups is 1. The summed E-state index contributed by atoms with van der Waals surface area (Å²) in [6.07, 6.45) is 0.416. The first-order chi connectivity index (χ1) is 7.69. The van der Waals surface area contributed by atoms with Crippen LogP contribution in [-0.4, -0.2) is 29.3 Å². The minimum Gasteiger partial charge on any atom is -0.461 e. The summed E-state index contributed by atoms with van der Waals surface area (Å²) < 4.78 is 4.83. The molecule has 88 valence electrons. The number of aromatic nitrogens is 1. The maximum absolute atomic E-state index is 11.4. The van der Waals surface area contributed by atoms with Crippen LogP contribution in [0.15, 0.2) is 18.2 Å². The van der Waals surface area contributed by atoms with Crippen LogP contribution in [-0.2, 0) is 4.74 Å². The van der Waals surface area contributed by atoms with Crippen molar-refractivity contribution >= 4 is 5.97 Å². The van der Waals surface area contributed by atoms with Crippen LogP contribution < -0.4 is 5.73 Å². The Balaban J connectivity index is 2.82. The molecule has 0 fully saturated rings. The fraction of sp³-hybridized carbons (Fsp3) is 0.455. The van der Waals surface area contributed by atoms with Gasteiger partial charge in [0, 0.05) is 12.6 Å². The highest BCUT2D eigenvalue weighted by Crippen LogP contribution is 2.11. The molecule has 5 nitrogen and oxygen atoms in total. The number of nitrogens with zero attached hydrogens (tertiary/aromatic N) is 1. The Bertz CT molecular complexity index is 355. The molecule has 1 aromatic heterocycles. The number of carbonyl (C=O) groups excluding carboxylic acids is 1. The first-order valence-electron chi connectivity index (χ1n) is 5.19. The van der Waals surface area contributed by atoms with Crippen LogP contribution in [0.4, 0.5) is 0 Å². The number of pyridine rings is 1. The van der Waals surface area contributed by atoms with E-state index in [9.17, 15) is 4.79 Å². The zero-order chi connectivity index (χ0) is 12.0. The maximum atomic E-state index is 11.4. The zero-order valence-electron chi connectivity index (χ0n) is 9.22. The van der Waals surface area contributed by atoms with Gasteiger partial charge < -0.3 is 15.6 Å². The molecule has 3 N–H and O–H groups in total. The second kappa shape index (κ2) is 6.19. The summed E-state index contributed by atoms with van der Waals surface area (Å²) in [5.41, 5.74) is 6.60. The van der Waals surface area contributed by atoms with Gasteiger partial charge in [-0.1, -0.05) is 6.07 Å². The van der Waals surface area contributed by atoms with Gasteiger partial charge in [-0.25, -0.2) is 9.78 Å². The van der Waals surface area contributed by atoms with Gasteiger partial charge in [0.1, 0.15) is 5.69 Å². The lowest BCUT2D eigenvalue weighted by molar-refractivity contribution is 0.0519. The van der Waals surface area contributed by atoms with E-state index in [1.807, 2.05) is 0 Å². The first-order valence-corrected chi connectivity index (χ1v) is 5.19. The molecule has 0 unspecified atom stereocenters. The average molecular weight is 224 g/mol. The minimum absolute atomic E-state index is 0.00746. The SMILES string of the molecule is CCOC(=O)c1cccc([C@H](N)CCO)n1. The van der Waals surface area contributed by atoms with Gasteiger partial charge in [0.05, 0.1) is 12.3 Å². The maximum Gasteiger partial charge on any atom is 0.356 e. The van der Waals surface area contributed by atoms with Crippen molar-refractivity contribution in [1.82, 2.24) is 4.98 Å². The molecule has 1 aromatic rings. The van der Waals surface area contributed by atoms with Gasteiger partial charge >= 0.3 is 5.97 Å². The van der Waals surface area contributed by atoms with Gasteiger partial charge in [0.15, 0.2) is 0 Å². The number of rotatable bonds is 5. The lowest BCUT2D eigenvalue weighted by atomic mass is 10.1. The molecular weight excluding hydrogens is 208 g/mol. The molecule has 0 aliphatic carbocycles. The molecule has 1 atom stereocenters. The molecule has 0 aliphatic rings. The zero-order valence-corrected chi connectivity index (χ0v) is 9.22. The highest BCUT2D eigenvalue weighted by molar-refractivity contribution is 5.87. The summed E-state index contributed by atoms with van der Waals surface area (Å²) in [7, 11) is 0. The molecule has 0 aromatic carbocycles. The first kappa shape index (κ1) is 12.6. The Morgan fingerprint density at radius 3 is 3.00 bits per heavy atom. The lowest BCUT2D eigenvalue weighted by Crippen LogP contribution is -2.16. The van der Waals surface area contributed by atoms with Crippen LogP contribution in [0.5, 0.6) is 0 Å². The second-order valence-corrected chi connectivity index (χ2v) is 3.29. The third-order valence-electron chi connectivity index (χ3n) is 2.08. The van der Waals surface area contributed by atoms with Crippen LogP contribution in [0.1, 0.15) is 35.6 Å². The van der Waals surface area contributed by atoms with Crippen molar-refractivity contribution < 1.29 is 14.6 Å². The molecule has 0 amide bonds. The molecule has 0 bridgehead atoms. The summed E-state index contributed by atoms with van der Waals surface area (Å²) in [4.78, 5) is 15.5. The van der Waals surface area contributed by atoms with E-state index in [-0.39, 0.29) is 18.3 Å². The average Bonchev–Trinajstić information content (AvgIpc) is 2.30. The van der Waals surface area contributed by atoms with E-state index in [0.717, 1.165) is 0 Å². The number of esters is 1. The Labute approximate surface area is 94.2 Å². The smallest absolute Gasteiger partial charge is 0.356 e. The monoisotopic (exact) mass is 224 g/mol. The van der Waals surface area contributed by atoms with E-state index >= 15 is 0 Å². The molecule has 1 heterocycles. The highest BCUT2D eigenvalue weighted by Gasteiger charge is 2.12. The molecule has 0 radical (unpaired) electrons. The van der Waals surface area contributed by atoms with Crippen LogP contribution in [0, 0.1) is 0 Å². The van der Waals surface area contributed by atoms with Crippen molar-refractivity contribution in [2.24, 2.45) is 5.73 Å². The molecule has 16 heavy (non-hydrogen) atoms. The van der Waals surface area contributed by atoms with E-state index < -0.39 is 5.97 Å². The third kappa shape index (κ3) is 3.29. The van der Waals surface area contributed by atoms with E-state index in [1.54, 1.807) is 25.1 Å². The standard InChI is InChI=1S/C11H16N2O3/c1-2-16-11(15)10-5-3-4-9(13-10)8(12)6-7-14/h3-5,8,14H,2,6-7,12H2,1H3/t8-/m1/s1. The van der Waals surface area contributed by atoms with Crippen molar-refractivity contribution in [1.29, 1.82) is 0 Å². The predicted molar refractivity (Wildman–Crippen MR) is 58.8 cm³/mol. The molecule has 1 rings (SSSR count). The number of aliphatic hydroxyl groups excluding tert-OH is 1. The molecule has 0 aliphatic heterocycles. The summed E-state index contributed by atoms with van der Waals surface area (Å²) >= 11 is 0. The molecule has 0 saturated carbocycles. The normalized spacial score (nSPS) is 12.2. The lowest BCUT2D eigenvalue weighted by Gasteiger charge is -2.10. The summed E-state index contributed by atoms with van der Waals surface area (Å²) in [5.74, 6) is -0.458. The Morgan fingerprint density at radius 1 is 1.62 bits per heavy atom. The molecular formula is C11H16N2O3. The number of nitrogens with two attached hydrogens (primary N) is 1. The van der Waals surface area contributed by atoms with E-state index in [2.05, 4.69) is 4.98 Å². The third-order valence-corrected chi connectivity index (χ3v) is 2.08. The van der Waals surface area contributed by atoms with Gasteiger partial charge in [0.2, 0.25) is 0 Å². The number of ether oxygens (including phenoxy) is 1. The van der Waals surface area contributed by atoms with Gasteiger partial charge in [0.25, 0.3) is 0 Å². The Hall–Kier alpha value is -1.46. The van der Waals surface area contributed by atoms with Crippen molar-refractivity contribution in [3.05, 3.63) is 29.6 Å². The highest BCUT2D eigenvalue weighted by atomic mass is 16.5. The van der Waals surface area contributed by atoms with Gasteiger partial charge in [-0.15, -0.1) is 0 Å². The number of hydrogen-bond donors (Lipinski definition) is 2. The Morgan fingerprint density at radius 2 is 2.38 bits per heavy atom. The summed E-state index contributed by atoms with van der Waals surface area (Å²) in [5, 5.41) is 8.76. The number of hydrogen-bond acceptors (Lipinski definition) is 5. The number of aliphatic hydroxyl groups is 1. The van der Waals surface area contributed by atoms with E-state index in [1.165, 1.54) is 0 Å². The summed E-state index contributed by atoms with van der Waals surface area (Å²) in [6, 6.07) is 4.64.